The van der Waals surface area contributed by atoms with Gasteiger partial charge >= 0.3 is 0 Å². The molecule has 0 atom stereocenters. The van der Waals surface area contributed by atoms with Crippen molar-refractivity contribution in [3.63, 3.8) is 0 Å². The highest BCUT2D eigenvalue weighted by molar-refractivity contribution is 7.99. The van der Waals surface area contributed by atoms with Crippen LogP contribution in [0.1, 0.15) is 29.7 Å². The van der Waals surface area contributed by atoms with Crippen LogP contribution in [0.15, 0.2) is 35.6 Å². The Morgan fingerprint density at radius 3 is 3.13 bits per heavy atom. The number of nitrogens with zero attached hydrogens (tertiary/aromatic N) is 3. The summed E-state index contributed by atoms with van der Waals surface area (Å²) in [6.45, 7) is 0. The van der Waals surface area contributed by atoms with Gasteiger partial charge in [0.25, 0.3) is 0 Å². The summed E-state index contributed by atoms with van der Waals surface area (Å²) in [4.78, 5) is 20.5. The molecule has 0 radical (unpaired) electrons. The summed E-state index contributed by atoms with van der Waals surface area (Å²) in [7, 11) is 0. The molecule has 0 aromatic carbocycles. The van der Waals surface area contributed by atoms with Gasteiger partial charge in [-0.05, 0) is 43.0 Å². The predicted molar refractivity (Wildman–Crippen MR) is 89.2 cm³/mol. The quantitative estimate of drug-likeness (QED) is 0.855. The average Bonchev–Trinajstić information content (AvgIpc) is 3.02. The molecule has 2 aromatic rings. The minimum absolute atomic E-state index is 0.0647. The molecular formula is C17H16N4OS. The van der Waals surface area contributed by atoms with Gasteiger partial charge in [-0.3, -0.25) is 9.78 Å². The fourth-order valence-corrected chi connectivity index (χ4v) is 3.46. The topological polar surface area (TPSA) is 78.7 Å². The monoisotopic (exact) mass is 324 g/mol. The van der Waals surface area contributed by atoms with Crippen LogP contribution in [0.2, 0.25) is 0 Å². The van der Waals surface area contributed by atoms with Crippen molar-refractivity contribution in [1.82, 2.24) is 9.97 Å². The smallest absolute Gasteiger partial charge is 0.225 e. The standard InChI is InChI=1S/C17H16N4OS/c18-10-13-9-12-3-1-5-15(12)21-17(13)23-8-6-16(22)20-14-4-2-7-19-11-14/h2,4,7,9,11H,1,3,5-6,8H2,(H,20,22). The van der Waals surface area contributed by atoms with E-state index in [9.17, 15) is 10.1 Å². The van der Waals surface area contributed by atoms with Crippen LogP contribution in [0.3, 0.4) is 0 Å². The molecule has 23 heavy (non-hydrogen) atoms. The molecule has 6 heteroatoms. The maximum atomic E-state index is 11.9. The number of carbonyl (C=O) groups excluding carboxylic acids is 1. The first-order chi connectivity index (χ1) is 11.3. The van der Waals surface area contributed by atoms with Crippen molar-refractivity contribution in [3.8, 4) is 6.07 Å². The van der Waals surface area contributed by atoms with Crippen LogP contribution in [0.25, 0.3) is 0 Å². The molecule has 1 aliphatic rings. The highest BCUT2D eigenvalue weighted by Gasteiger charge is 2.16. The summed E-state index contributed by atoms with van der Waals surface area (Å²) in [6, 6.07) is 7.74. The third-order valence-corrected chi connectivity index (χ3v) is 4.64. The molecule has 0 saturated carbocycles. The highest BCUT2D eigenvalue weighted by Crippen LogP contribution is 2.28. The second kappa shape index (κ2) is 7.25. The molecule has 0 saturated heterocycles. The Morgan fingerprint density at radius 2 is 2.35 bits per heavy atom. The maximum Gasteiger partial charge on any atom is 0.225 e. The Hall–Kier alpha value is -2.39. The first-order valence-corrected chi connectivity index (χ1v) is 8.50. The van der Waals surface area contributed by atoms with E-state index in [0.717, 1.165) is 30.0 Å². The Morgan fingerprint density at radius 1 is 1.43 bits per heavy atom. The first-order valence-electron chi connectivity index (χ1n) is 7.52. The van der Waals surface area contributed by atoms with Crippen molar-refractivity contribution in [2.24, 2.45) is 0 Å². The lowest BCUT2D eigenvalue weighted by atomic mass is 10.2. The number of nitriles is 1. The lowest BCUT2D eigenvalue weighted by Crippen LogP contribution is -2.12. The van der Waals surface area contributed by atoms with Gasteiger partial charge < -0.3 is 5.32 Å². The fourth-order valence-electron chi connectivity index (χ4n) is 2.54. The van der Waals surface area contributed by atoms with Gasteiger partial charge in [-0.1, -0.05) is 0 Å². The van der Waals surface area contributed by atoms with E-state index < -0.39 is 0 Å². The van der Waals surface area contributed by atoms with Crippen LogP contribution >= 0.6 is 11.8 Å². The average molecular weight is 324 g/mol. The van der Waals surface area contributed by atoms with Gasteiger partial charge in [0, 0.05) is 24.1 Å². The van der Waals surface area contributed by atoms with E-state index in [-0.39, 0.29) is 5.91 Å². The van der Waals surface area contributed by atoms with Crippen molar-refractivity contribution in [2.75, 3.05) is 11.1 Å². The van der Waals surface area contributed by atoms with E-state index >= 15 is 0 Å². The third-order valence-electron chi connectivity index (χ3n) is 3.65. The Bertz CT molecular complexity index is 755. The lowest BCUT2D eigenvalue weighted by Gasteiger charge is -2.07. The SMILES string of the molecule is N#Cc1cc2c(nc1SCCC(=O)Nc1cccnc1)CCC2. The van der Waals surface area contributed by atoms with E-state index in [1.807, 2.05) is 6.07 Å². The molecule has 0 unspecified atom stereocenters. The number of nitrogens with one attached hydrogen (secondary N) is 1. The zero-order valence-corrected chi connectivity index (χ0v) is 13.4. The minimum atomic E-state index is -0.0647. The summed E-state index contributed by atoms with van der Waals surface area (Å²) in [6.07, 6.45) is 6.74. The number of rotatable bonds is 5. The number of anilines is 1. The number of pyridine rings is 2. The number of aromatic nitrogens is 2. The molecule has 0 fully saturated rings. The van der Waals surface area contributed by atoms with E-state index in [0.29, 0.717) is 23.4 Å². The van der Waals surface area contributed by atoms with Gasteiger partial charge in [0.15, 0.2) is 0 Å². The molecule has 2 aromatic heterocycles. The number of hydrogen-bond acceptors (Lipinski definition) is 5. The molecule has 1 amide bonds. The van der Waals surface area contributed by atoms with Gasteiger partial charge in [0.1, 0.15) is 11.1 Å². The second-order valence-electron chi connectivity index (χ2n) is 5.30. The van der Waals surface area contributed by atoms with Crippen molar-refractivity contribution >= 4 is 23.4 Å². The van der Waals surface area contributed by atoms with Crippen molar-refractivity contribution in [1.29, 1.82) is 5.26 Å². The highest BCUT2D eigenvalue weighted by atomic mass is 32.2. The molecule has 0 spiro atoms. The van der Waals surface area contributed by atoms with Crippen LogP contribution in [0.4, 0.5) is 5.69 Å². The zero-order chi connectivity index (χ0) is 16.1. The number of thioether (sulfide) groups is 1. The van der Waals surface area contributed by atoms with E-state index in [4.69, 9.17) is 0 Å². The fraction of sp³-hybridized carbons (Fsp3) is 0.294. The second-order valence-corrected chi connectivity index (χ2v) is 6.38. The lowest BCUT2D eigenvalue weighted by molar-refractivity contribution is -0.115. The molecule has 1 aliphatic carbocycles. The summed E-state index contributed by atoms with van der Waals surface area (Å²) in [5.74, 6) is 0.525. The van der Waals surface area contributed by atoms with E-state index in [1.54, 1.807) is 24.5 Å². The van der Waals surface area contributed by atoms with Crippen molar-refractivity contribution in [2.45, 2.75) is 30.7 Å². The number of amides is 1. The van der Waals surface area contributed by atoms with Gasteiger partial charge in [0.2, 0.25) is 5.91 Å². The molecule has 3 rings (SSSR count). The Kier molecular flexibility index (Phi) is 4.89. The molecule has 0 bridgehead atoms. The molecule has 5 nitrogen and oxygen atoms in total. The van der Waals surface area contributed by atoms with Gasteiger partial charge in [-0.2, -0.15) is 5.26 Å². The molecule has 2 heterocycles. The summed E-state index contributed by atoms with van der Waals surface area (Å²) in [5, 5.41) is 12.8. The Labute approximate surface area is 139 Å². The van der Waals surface area contributed by atoms with Gasteiger partial charge in [-0.25, -0.2) is 4.98 Å². The minimum Gasteiger partial charge on any atom is -0.325 e. The molecular weight excluding hydrogens is 308 g/mol. The summed E-state index contributed by atoms with van der Waals surface area (Å²) < 4.78 is 0. The largest absolute Gasteiger partial charge is 0.325 e. The van der Waals surface area contributed by atoms with Gasteiger partial charge in [0.05, 0.1) is 17.4 Å². The number of carbonyl (C=O) groups is 1. The third kappa shape index (κ3) is 3.88. The van der Waals surface area contributed by atoms with Crippen LogP contribution in [0, 0.1) is 11.3 Å². The van der Waals surface area contributed by atoms with E-state index in [2.05, 4.69) is 21.4 Å². The van der Waals surface area contributed by atoms with Crippen LogP contribution in [0.5, 0.6) is 0 Å². The van der Waals surface area contributed by atoms with Crippen molar-refractivity contribution in [3.05, 3.63) is 47.4 Å². The van der Waals surface area contributed by atoms with Crippen molar-refractivity contribution < 1.29 is 4.79 Å². The van der Waals surface area contributed by atoms with Crippen LogP contribution in [-0.4, -0.2) is 21.6 Å². The predicted octanol–water partition coefficient (Wildman–Crippen LogP) is 2.96. The number of hydrogen-bond donors (Lipinski definition) is 1. The van der Waals surface area contributed by atoms with Crippen LogP contribution in [-0.2, 0) is 17.6 Å². The van der Waals surface area contributed by atoms with Crippen LogP contribution < -0.4 is 5.32 Å². The normalized spacial score (nSPS) is 12.5. The van der Waals surface area contributed by atoms with Gasteiger partial charge in [-0.15, -0.1) is 11.8 Å². The summed E-state index contributed by atoms with van der Waals surface area (Å²) >= 11 is 1.47. The zero-order valence-electron chi connectivity index (χ0n) is 12.6. The Balaban J connectivity index is 1.57. The molecule has 0 aliphatic heterocycles. The summed E-state index contributed by atoms with van der Waals surface area (Å²) in [5.41, 5.74) is 3.60. The maximum absolute atomic E-state index is 11.9. The molecule has 1 N–H and O–H groups in total. The first kappa shape index (κ1) is 15.5. The van der Waals surface area contributed by atoms with E-state index in [1.165, 1.54) is 17.3 Å². The molecule has 116 valence electrons. The number of aryl methyl sites for hydroxylation is 2. The number of fused-ring (bicyclic) bond motifs is 1.